The Morgan fingerprint density at radius 3 is 2.77 bits per heavy atom. The molecular formula is C20H24ClN3OS. The molecule has 0 aliphatic carbocycles. The van der Waals surface area contributed by atoms with Crippen LogP contribution in [-0.4, -0.2) is 30.2 Å². The Kier molecular flexibility index (Phi) is 6.43. The number of rotatable bonds is 5. The largest absolute Gasteiger partial charge is 0.355 e. The molecule has 1 N–H and O–H groups in total. The summed E-state index contributed by atoms with van der Waals surface area (Å²) in [5.74, 6) is 1.48. The van der Waals surface area contributed by atoms with Gasteiger partial charge in [-0.3, -0.25) is 4.79 Å². The second kappa shape index (κ2) is 8.78. The summed E-state index contributed by atoms with van der Waals surface area (Å²) in [5, 5.41) is 3.59. The highest BCUT2D eigenvalue weighted by Crippen LogP contribution is 2.32. The van der Waals surface area contributed by atoms with Crippen LogP contribution in [-0.2, 0) is 0 Å². The lowest BCUT2D eigenvalue weighted by atomic mass is 9.94. The molecule has 1 amide bonds. The summed E-state index contributed by atoms with van der Waals surface area (Å²) in [6.07, 6.45) is 7.45. The van der Waals surface area contributed by atoms with Crippen LogP contribution < -0.4 is 10.2 Å². The maximum Gasteiger partial charge on any atom is 0.255 e. The molecule has 1 aromatic carbocycles. The number of amides is 1. The number of carbonyl (C=O) groups excluding carboxylic acids is 1. The lowest BCUT2D eigenvalue weighted by Crippen LogP contribution is -2.34. The van der Waals surface area contributed by atoms with Gasteiger partial charge < -0.3 is 10.2 Å². The molecule has 1 fully saturated rings. The summed E-state index contributed by atoms with van der Waals surface area (Å²) >= 11 is 7.63. The van der Waals surface area contributed by atoms with Crippen molar-refractivity contribution in [2.45, 2.75) is 31.1 Å². The number of benzene rings is 1. The molecule has 0 saturated carbocycles. The monoisotopic (exact) mass is 389 g/mol. The van der Waals surface area contributed by atoms with Crippen molar-refractivity contribution in [3.63, 3.8) is 0 Å². The number of nitrogens with zero attached hydrogens (tertiary/aromatic N) is 2. The number of hydrogen-bond donors (Lipinski definition) is 1. The van der Waals surface area contributed by atoms with Gasteiger partial charge in [0.2, 0.25) is 0 Å². The maximum absolute atomic E-state index is 12.7. The third kappa shape index (κ3) is 4.51. The van der Waals surface area contributed by atoms with Crippen molar-refractivity contribution in [3.8, 4) is 0 Å². The second-order valence-electron chi connectivity index (χ2n) is 6.55. The summed E-state index contributed by atoms with van der Waals surface area (Å²) in [6, 6.07) is 8.98. The van der Waals surface area contributed by atoms with Gasteiger partial charge in [0.25, 0.3) is 5.91 Å². The molecule has 0 bridgehead atoms. The van der Waals surface area contributed by atoms with E-state index < -0.39 is 0 Å². The smallest absolute Gasteiger partial charge is 0.255 e. The van der Waals surface area contributed by atoms with Crippen molar-refractivity contribution in [2.24, 2.45) is 5.92 Å². The normalized spacial score (nSPS) is 15.1. The number of carbonyl (C=O) groups is 1. The van der Waals surface area contributed by atoms with E-state index in [2.05, 4.69) is 22.1 Å². The van der Waals surface area contributed by atoms with Crippen LogP contribution in [0.2, 0.25) is 5.02 Å². The van der Waals surface area contributed by atoms with Crippen molar-refractivity contribution < 1.29 is 4.79 Å². The van der Waals surface area contributed by atoms with Gasteiger partial charge in [-0.1, -0.05) is 31.0 Å². The SMILES string of the molecule is CCC1CCN(c2ncc(SC)cc2NC(=O)c2cccc(Cl)c2)CC1. The Hall–Kier alpha value is -1.72. The van der Waals surface area contributed by atoms with Gasteiger partial charge >= 0.3 is 0 Å². The van der Waals surface area contributed by atoms with E-state index in [9.17, 15) is 4.79 Å². The molecule has 138 valence electrons. The first kappa shape index (κ1) is 19.1. The van der Waals surface area contributed by atoms with Crippen LogP contribution in [0.25, 0.3) is 0 Å². The number of anilines is 2. The fourth-order valence-electron chi connectivity index (χ4n) is 3.27. The van der Waals surface area contributed by atoms with Crippen LogP contribution in [0.5, 0.6) is 0 Å². The Morgan fingerprint density at radius 1 is 1.35 bits per heavy atom. The third-order valence-electron chi connectivity index (χ3n) is 4.90. The first-order chi connectivity index (χ1) is 12.6. The molecule has 0 spiro atoms. The summed E-state index contributed by atoms with van der Waals surface area (Å²) in [6.45, 7) is 4.21. The Balaban J connectivity index is 1.84. The fraction of sp³-hybridized carbons (Fsp3) is 0.400. The minimum atomic E-state index is -0.169. The molecule has 4 nitrogen and oxygen atoms in total. The molecule has 1 aromatic heterocycles. The lowest BCUT2D eigenvalue weighted by molar-refractivity contribution is 0.102. The van der Waals surface area contributed by atoms with Crippen LogP contribution in [0.1, 0.15) is 36.5 Å². The first-order valence-corrected chi connectivity index (χ1v) is 10.6. The number of thioether (sulfide) groups is 1. The average Bonchev–Trinajstić information content (AvgIpc) is 2.68. The maximum atomic E-state index is 12.7. The standard InChI is InChI=1S/C20H24ClN3OS/c1-3-14-7-9-24(10-8-14)19-18(12-17(26-2)13-22-19)23-20(25)15-5-4-6-16(21)11-15/h4-6,11-14H,3,7-10H2,1-2H3,(H,23,25). The van der Waals surface area contributed by atoms with Crippen molar-refractivity contribution in [1.82, 2.24) is 4.98 Å². The predicted octanol–water partition coefficient (Wildman–Crippen LogP) is 5.34. The van der Waals surface area contributed by atoms with E-state index >= 15 is 0 Å². The highest BCUT2D eigenvalue weighted by molar-refractivity contribution is 7.98. The molecule has 0 unspecified atom stereocenters. The summed E-state index contributed by atoms with van der Waals surface area (Å²) in [4.78, 5) is 20.6. The van der Waals surface area contributed by atoms with Gasteiger partial charge in [-0.15, -0.1) is 11.8 Å². The molecule has 1 aliphatic rings. The molecule has 3 rings (SSSR count). The topological polar surface area (TPSA) is 45.2 Å². The second-order valence-corrected chi connectivity index (χ2v) is 7.87. The minimum Gasteiger partial charge on any atom is -0.355 e. The fourth-order valence-corrected chi connectivity index (χ4v) is 3.86. The average molecular weight is 390 g/mol. The van der Waals surface area contributed by atoms with E-state index in [1.807, 2.05) is 18.5 Å². The highest BCUT2D eigenvalue weighted by atomic mass is 35.5. The Bertz CT molecular complexity index is 775. The van der Waals surface area contributed by atoms with Crippen molar-refractivity contribution in [3.05, 3.63) is 47.1 Å². The molecule has 2 heterocycles. The minimum absolute atomic E-state index is 0.169. The van der Waals surface area contributed by atoms with Crippen molar-refractivity contribution >= 4 is 40.8 Å². The molecule has 1 saturated heterocycles. The van der Waals surface area contributed by atoms with Crippen LogP contribution in [0.4, 0.5) is 11.5 Å². The Morgan fingerprint density at radius 2 is 2.12 bits per heavy atom. The Labute approximate surface area is 164 Å². The zero-order valence-corrected chi connectivity index (χ0v) is 16.7. The van der Waals surface area contributed by atoms with Crippen molar-refractivity contribution in [2.75, 3.05) is 29.6 Å². The molecule has 0 radical (unpaired) electrons. The van der Waals surface area contributed by atoms with E-state index in [1.165, 1.54) is 19.3 Å². The van der Waals surface area contributed by atoms with Crippen molar-refractivity contribution in [1.29, 1.82) is 0 Å². The zero-order valence-electron chi connectivity index (χ0n) is 15.2. The van der Waals surface area contributed by atoms with Gasteiger partial charge in [0.1, 0.15) is 0 Å². The summed E-state index contributed by atoms with van der Waals surface area (Å²) < 4.78 is 0. The van der Waals surface area contributed by atoms with Crippen LogP contribution in [0.15, 0.2) is 41.4 Å². The van der Waals surface area contributed by atoms with Crippen LogP contribution >= 0.6 is 23.4 Å². The molecule has 6 heteroatoms. The third-order valence-corrected chi connectivity index (χ3v) is 5.83. The number of aromatic nitrogens is 1. The summed E-state index contributed by atoms with van der Waals surface area (Å²) in [7, 11) is 0. The van der Waals surface area contributed by atoms with Crippen LogP contribution in [0, 0.1) is 5.92 Å². The van der Waals surface area contributed by atoms with E-state index in [4.69, 9.17) is 11.6 Å². The number of halogens is 1. The number of piperidine rings is 1. The van der Waals surface area contributed by atoms with Gasteiger partial charge in [-0.2, -0.15) is 0 Å². The van der Waals surface area contributed by atoms with Crippen LogP contribution in [0.3, 0.4) is 0 Å². The van der Waals surface area contributed by atoms with Gasteiger partial charge in [0.05, 0.1) is 5.69 Å². The lowest BCUT2D eigenvalue weighted by Gasteiger charge is -2.33. The molecule has 0 atom stereocenters. The molecular weight excluding hydrogens is 366 g/mol. The molecule has 2 aromatic rings. The molecule has 26 heavy (non-hydrogen) atoms. The van der Waals surface area contributed by atoms with Gasteiger partial charge in [0.15, 0.2) is 5.82 Å². The van der Waals surface area contributed by atoms with E-state index in [0.29, 0.717) is 10.6 Å². The zero-order chi connectivity index (χ0) is 18.5. The first-order valence-electron chi connectivity index (χ1n) is 8.96. The van der Waals surface area contributed by atoms with Gasteiger partial charge in [-0.25, -0.2) is 4.98 Å². The van der Waals surface area contributed by atoms with E-state index in [-0.39, 0.29) is 5.91 Å². The quantitative estimate of drug-likeness (QED) is 0.701. The predicted molar refractivity (Wildman–Crippen MR) is 111 cm³/mol. The number of hydrogen-bond acceptors (Lipinski definition) is 4. The summed E-state index contributed by atoms with van der Waals surface area (Å²) in [5.41, 5.74) is 1.31. The van der Waals surface area contributed by atoms with Gasteiger partial charge in [0, 0.05) is 34.8 Å². The van der Waals surface area contributed by atoms with Gasteiger partial charge in [-0.05, 0) is 49.3 Å². The number of nitrogens with one attached hydrogen (secondary N) is 1. The van der Waals surface area contributed by atoms with E-state index in [0.717, 1.165) is 35.4 Å². The molecule has 1 aliphatic heterocycles. The highest BCUT2D eigenvalue weighted by Gasteiger charge is 2.22. The van der Waals surface area contributed by atoms with E-state index in [1.54, 1.807) is 36.0 Å². The number of pyridine rings is 1.